The predicted octanol–water partition coefficient (Wildman–Crippen LogP) is 0.119. The van der Waals surface area contributed by atoms with Crippen LogP contribution in [-0.4, -0.2) is 52.1 Å². The molecule has 2 N–H and O–H groups in total. The molecule has 1 amide bonds. The molecule has 0 atom stereocenters. The first-order valence-corrected chi connectivity index (χ1v) is 6.18. The van der Waals surface area contributed by atoms with Crippen LogP contribution in [0.3, 0.4) is 0 Å². The normalized spacial score (nSPS) is 17.6. The quantitative estimate of drug-likeness (QED) is 0.793. The van der Waals surface area contributed by atoms with Crippen LogP contribution in [0.5, 0.6) is 0 Å². The van der Waals surface area contributed by atoms with Gasteiger partial charge in [-0.15, -0.1) is 0 Å². The summed E-state index contributed by atoms with van der Waals surface area (Å²) in [7, 11) is 0. The molecule has 0 aromatic carbocycles. The number of piperidine rings is 1. The number of anilines is 1. The number of aromatic nitrogens is 2. The Labute approximate surface area is 106 Å². The van der Waals surface area contributed by atoms with Crippen molar-refractivity contribution in [3.05, 3.63) is 18.5 Å². The molecule has 1 saturated heterocycles. The number of amides is 1. The monoisotopic (exact) mass is 250 g/mol. The summed E-state index contributed by atoms with van der Waals surface area (Å²) in [5.41, 5.74) is 0. The largest absolute Gasteiger partial charge is 0.396 e. The molecule has 6 heteroatoms. The van der Waals surface area contributed by atoms with Gasteiger partial charge in [0.05, 0.1) is 6.54 Å². The SMILES string of the molecule is O=C(CN1CCC(CO)CC1)Nc1ncccn1. The minimum atomic E-state index is -0.0938. The van der Waals surface area contributed by atoms with Crippen molar-refractivity contribution >= 4 is 11.9 Å². The van der Waals surface area contributed by atoms with Gasteiger partial charge >= 0.3 is 0 Å². The van der Waals surface area contributed by atoms with Crippen LogP contribution in [0.4, 0.5) is 5.95 Å². The first-order chi connectivity index (χ1) is 8.78. The number of likely N-dealkylation sites (tertiary alicyclic amines) is 1. The maximum absolute atomic E-state index is 11.7. The van der Waals surface area contributed by atoms with Gasteiger partial charge in [-0.05, 0) is 37.9 Å². The van der Waals surface area contributed by atoms with Crippen LogP contribution >= 0.6 is 0 Å². The lowest BCUT2D eigenvalue weighted by molar-refractivity contribution is -0.117. The van der Waals surface area contributed by atoms with E-state index in [1.165, 1.54) is 0 Å². The lowest BCUT2D eigenvalue weighted by Crippen LogP contribution is -2.40. The molecule has 1 aromatic heterocycles. The zero-order valence-corrected chi connectivity index (χ0v) is 10.2. The average molecular weight is 250 g/mol. The van der Waals surface area contributed by atoms with E-state index in [0.29, 0.717) is 18.4 Å². The first-order valence-electron chi connectivity index (χ1n) is 6.18. The molecule has 0 saturated carbocycles. The maximum Gasteiger partial charge on any atom is 0.240 e. The van der Waals surface area contributed by atoms with Gasteiger partial charge in [-0.3, -0.25) is 15.0 Å². The van der Waals surface area contributed by atoms with E-state index in [1.54, 1.807) is 18.5 Å². The van der Waals surface area contributed by atoms with Crippen LogP contribution < -0.4 is 5.32 Å². The van der Waals surface area contributed by atoms with Gasteiger partial charge < -0.3 is 5.11 Å². The van der Waals surface area contributed by atoms with Gasteiger partial charge in [-0.25, -0.2) is 9.97 Å². The van der Waals surface area contributed by atoms with Crippen LogP contribution in [0.15, 0.2) is 18.5 Å². The van der Waals surface area contributed by atoms with E-state index in [-0.39, 0.29) is 12.5 Å². The zero-order valence-electron chi connectivity index (χ0n) is 10.2. The number of rotatable bonds is 4. The van der Waals surface area contributed by atoms with E-state index >= 15 is 0 Å². The molecule has 0 unspecified atom stereocenters. The number of nitrogens with one attached hydrogen (secondary N) is 1. The Morgan fingerprint density at radius 1 is 1.39 bits per heavy atom. The summed E-state index contributed by atoms with van der Waals surface area (Å²) in [6, 6.07) is 1.70. The van der Waals surface area contributed by atoms with Crippen molar-refractivity contribution in [2.24, 2.45) is 5.92 Å². The molecule has 0 radical (unpaired) electrons. The van der Waals surface area contributed by atoms with Crippen molar-refractivity contribution < 1.29 is 9.90 Å². The third-order valence-electron chi connectivity index (χ3n) is 3.15. The van der Waals surface area contributed by atoms with Crippen LogP contribution in [0.25, 0.3) is 0 Å². The van der Waals surface area contributed by atoms with Gasteiger partial charge in [0.15, 0.2) is 0 Å². The smallest absolute Gasteiger partial charge is 0.240 e. The third-order valence-corrected chi connectivity index (χ3v) is 3.15. The molecule has 0 bridgehead atoms. The van der Waals surface area contributed by atoms with Crippen molar-refractivity contribution in [3.63, 3.8) is 0 Å². The minimum Gasteiger partial charge on any atom is -0.396 e. The van der Waals surface area contributed by atoms with Gasteiger partial charge in [0, 0.05) is 19.0 Å². The highest BCUT2D eigenvalue weighted by atomic mass is 16.3. The molecule has 0 aliphatic carbocycles. The summed E-state index contributed by atoms with van der Waals surface area (Å²) in [5, 5.41) is 11.7. The highest BCUT2D eigenvalue weighted by molar-refractivity contribution is 5.90. The summed E-state index contributed by atoms with van der Waals surface area (Å²) >= 11 is 0. The van der Waals surface area contributed by atoms with Crippen LogP contribution in [-0.2, 0) is 4.79 Å². The molecule has 98 valence electrons. The molecule has 0 spiro atoms. The van der Waals surface area contributed by atoms with Gasteiger partial charge in [0.2, 0.25) is 11.9 Å². The Hall–Kier alpha value is -1.53. The molecule has 18 heavy (non-hydrogen) atoms. The Morgan fingerprint density at radius 2 is 2.06 bits per heavy atom. The number of nitrogens with zero attached hydrogens (tertiary/aromatic N) is 3. The van der Waals surface area contributed by atoms with E-state index in [2.05, 4.69) is 20.2 Å². The Morgan fingerprint density at radius 3 is 2.67 bits per heavy atom. The number of hydrogen-bond acceptors (Lipinski definition) is 5. The molecule has 1 fully saturated rings. The van der Waals surface area contributed by atoms with E-state index < -0.39 is 0 Å². The molecule has 1 aliphatic rings. The standard InChI is InChI=1S/C12H18N4O2/c17-9-10-2-6-16(7-3-10)8-11(18)15-12-13-4-1-5-14-12/h1,4-5,10,17H,2-3,6-9H2,(H,13,14,15,18). The van der Waals surface area contributed by atoms with Crippen LogP contribution in [0.2, 0.25) is 0 Å². The summed E-state index contributed by atoms with van der Waals surface area (Å²) in [4.78, 5) is 21.7. The second kappa shape index (κ2) is 6.42. The summed E-state index contributed by atoms with van der Waals surface area (Å²) in [6.45, 7) is 2.32. The Balaban J connectivity index is 1.75. The van der Waals surface area contributed by atoms with E-state index in [0.717, 1.165) is 25.9 Å². The van der Waals surface area contributed by atoms with Crippen molar-refractivity contribution in [1.82, 2.24) is 14.9 Å². The van der Waals surface area contributed by atoms with Crippen molar-refractivity contribution in [2.75, 3.05) is 31.6 Å². The predicted molar refractivity (Wildman–Crippen MR) is 66.9 cm³/mol. The minimum absolute atomic E-state index is 0.0938. The molecular formula is C12H18N4O2. The summed E-state index contributed by atoms with van der Waals surface area (Å²) in [5.74, 6) is 0.637. The molecule has 1 aromatic rings. The highest BCUT2D eigenvalue weighted by Crippen LogP contribution is 2.15. The summed E-state index contributed by atoms with van der Waals surface area (Å²) in [6.07, 6.45) is 5.09. The fourth-order valence-corrected chi connectivity index (χ4v) is 2.06. The van der Waals surface area contributed by atoms with Gasteiger partial charge in [0.1, 0.15) is 0 Å². The first kappa shape index (κ1) is 12.9. The van der Waals surface area contributed by atoms with Crippen molar-refractivity contribution in [2.45, 2.75) is 12.8 Å². The lowest BCUT2D eigenvalue weighted by Gasteiger charge is -2.30. The number of carbonyl (C=O) groups is 1. The molecular weight excluding hydrogens is 232 g/mol. The fraction of sp³-hybridized carbons (Fsp3) is 0.583. The molecule has 2 heterocycles. The van der Waals surface area contributed by atoms with Gasteiger partial charge in [0.25, 0.3) is 0 Å². The zero-order chi connectivity index (χ0) is 12.8. The van der Waals surface area contributed by atoms with E-state index in [4.69, 9.17) is 5.11 Å². The second-order valence-electron chi connectivity index (χ2n) is 4.52. The van der Waals surface area contributed by atoms with Gasteiger partial charge in [-0.2, -0.15) is 0 Å². The number of carbonyl (C=O) groups excluding carboxylic acids is 1. The maximum atomic E-state index is 11.7. The van der Waals surface area contributed by atoms with Crippen molar-refractivity contribution in [3.8, 4) is 0 Å². The Bertz CT molecular complexity index is 377. The number of aliphatic hydroxyl groups excluding tert-OH is 1. The van der Waals surface area contributed by atoms with Crippen LogP contribution in [0.1, 0.15) is 12.8 Å². The molecule has 2 rings (SSSR count). The average Bonchev–Trinajstić information content (AvgIpc) is 2.40. The summed E-state index contributed by atoms with van der Waals surface area (Å²) < 4.78 is 0. The van der Waals surface area contributed by atoms with Crippen molar-refractivity contribution in [1.29, 1.82) is 0 Å². The highest BCUT2D eigenvalue weighted by Gasteiger charge is 2.20. The Kier molecular flexibility index (Phi) is 4.60. The second-order valence-corrected chi connectivity index (χ2v) is 4.52. The molecule has 1 aliphatic heterocycles. The molecule has 6 nitrogen and oxygen atoms in total. The van der Waals surface area contributed by atoms with E-state index in [1.807, 2.05) is 0 Å². The number of aliphatic hydroxyl groups is 1. The number of hydrogen-bond donors (Lipinski definition) is 2. The third kappa shape index (κ3) is 3.75. The fourth-order valence-electron chi connectivity index (χ4n) is 2.06. The topological polar surface area (TPSA) is 78.4 Å². The van der Waals surface area contributed by atoms with Crippen LogP contribution in [0, 0.1) is 5.92 Å². The lowest BCUT2D eigenvalue weighted by atomic mass is 9.98. The van der Waals surface area contributed by atoms with Gasteiger partial charge in [-0.1, -0.05) is 0 Å². The van der Waals surface area contributed by atoms with E-state index in [9.17, 15) is 4.79 Å².